The lowest BCUT2D eigenvalue weighted by atomic mass is 9.99. The average molecular weight is 344 g/mol. The summed E-state index contributed by atoms with van der Waals surface area (Å²) in [5.74, 6) is -1.64. The van der Waals surface area contributed by atoms with Gasteiger partial charge in [-0.25, -0.2) is 4.39 Å². The molecule has 4 nitrogen and oxygen atoms in total. The summed E-state index contributed by atoms with van der Waals surface area (Å²) in [6.07, 6.45) is 0. The van der Waals surface area contributed by atoms with Crippen molar-refractivity contribution in [1.29, 1.82) is 0 Å². The van der Waals surface area contributed by atoms with Crippen LogP contribution in [0.4, 0.5) is 4.39 Å². The van der Waals surface area contributed by atoms with Gasteiger partial charge in [-0.2, -0.15) is 0 Å². The third-order valence-corrected chi connectivity index (χ3v) is 4.06. The van der Waals surface area contributed by atoms with Crippen LogP contribution in [0.5, 0.6) is 0 Å². The lowest BCUT2D eigenvalue weighted by Crippen LogP contribution is -2.30. The molecule has 1 fully saturated rings. The molecule has 1 aliphatic rings. The van der Waals surface area contributed by atoms with Gasteiger partial charge in [-0.1, -0.05) is 22.9 Å². The third kappa shape index (κ3) is 2.85. The molecule has 6 heteroatoms. The minimum absolute atomic E-state index is 0.00455. The Balaban J connectivity index is 2.17. The monoisotopic (exact) mass is 343 g/mol. The number of carbonyl (C=O) groups is 2. The van der Waals surface area contributed by atoms with E-state index in [4.69, 9.17) is 4.74 Å². The maximum absolute atomic E-state index is 13.8. The molecule has 0 bridgehead atoms. The topological polar surface area (TPSA) is 46.6 Å². The van der Waals surface area contributed by atoms with E-state index in [0.29, 0.717) is 11.0 Å². The van der Waals surface area contributed by atoms with E-state index in [1.165, 1.54) is 24.1 Å². The molecular formula is C14H15BrFNO3. The minimum Gasteiger partial charge on any atom is -0.469 e. The fraction of sp³-hybridized carbons (Fsp3) is 0.429. The van der Waals surface area contributed by atoms with Gasteiger partial charge in [0.1, 0.15) is 5.82 Å². The fourth-order valence-electron chi connectivity index (χ4n) is 2.42. The van der Waals surface area contributed by atoms with Gasteiger partial charge in [-0.05, 0) is 24.1 Å². The minimum atomic E-state index is -0.571. The van der Waals surface area contributed by atoms with E-state index in [-0.39, 0.29) is 29.9 Å². The van der Waals surface area contributed by atoms with Gasteiger partial charge < -0.3 is 9.64 Å². The molecule has 0 spiro atoms. The molecule has 1 aromatic carbocycles. The first-order valence-corrected chi connectivity index (χ1v) is 7.05. The van der Waals surface area contributed by atoms with Crippen LogP contribution in [0.3, 0.4) is 0 Å². The molecule has 0 N–H and O–H groups in total. The second kappa shape index (κ2) is 5.91. The van der Waals surface area contributed by atoms with E-state index in [1.54, 1.807) is 6.07 Å². The number of amides is 1. The number of carbonyl (C=O) groups excluding carboxylic acids is 2. The van der Waals surface area contributed by atoms with E-state index in [0.717, 1.165) is 0 Å². The van der Waals surface area contributed by atoms with E-state index in [1.807, 2.05) is 6.92 Å². The average Bonchev–Trinajstić information content (AvgIpc) is 2.79. The number of likely N-dealkylation sites (tertiary alicyclic amines) is 1. The van der Waals surface area contributed by atoms with Crippen LogP contribution >= 0.6 is 15.9 Å². The fourth-order valence-corrected chi connectivity index (χ4v) is 2.76. The van der Waals surface area contributed by atoms with Crippen molar-refractivity contribution in [1.82, 2.24) is 4.90 Å². The molecule has 0 radical (unpaired) electrons. The summed E-state index contributed by atoms with van der Waals surface area (Å²) < 4.78 is 19.1. The van der Waals surface area contributed by atoms with E-state index in [9.17, 15) is 14.0 Å². The Bertz CT molecular complexity index is 549. The molecule has 1 amide bonds. The molecule has 1 saturated heterocycles. The first-order chi connectivity index (χ1) is 9.43. The van der Waals surface area contributed by atoms with E-state index < -0.39 is 11.7 Å². The van der Waals surface area contributed by atoms with Crippen molar-refractivity contribution < 1.29 is 18.7 Å². The van der Waals surface area contributed by atoms with Crippen molar-refractivity contribution in [3.05, 3.63) is 34.1 Å². The lowest BCUT2D eigenvalue weighted by molar-refractivity contribution is -0.146. The Kier molecular flexibility index (Phi) is 4.42. The number of nitrogens with zero attached hydrogens (tertiary/aromatic N) is 1. The summed E-state index contributed by atoms with van der Waals surface area (Å²) in [6, 6.07) is 4.32. The Labute approximate surface area is 125 Å². The zero-order valence-electron chi connectivity index (χ0n) is 11.2. The van der Waals surface area contributed by atoms with Crippen LogP contribution in [0.25, 0.3) is 0 Å². The quantitative estimate of drug-likeness (QED) is 0.775. The van der Waals surface area contributed by atoms with Crippen LogP contribution in [0.2, 0.25) is 0 Å². The van der Waals surface area contributed by atoms with Crippen molar-refractivity contribution >= 4 is 27.8 Å². The molecule has 0 saturated carbocycles. The van der Waals surface area contributed by atoms with Gasteiger partial charge in [0.15, 0.2) is 0 Å². The molecule has 108 valence electrons. The highest BCUT2D eigenvalue weighted by Crippen LogP contribution is 2.26. The Morgan fingerprint density at radius 2 is 2.10 bits per heavy atom. The van der Waals surface area contributed by atoms with Crippen LogP contribution in [0.15, 0.2) is 22.7 Å². The highest BCUT2D eigenvalue weighted by atomic mass is 79.9. The number of halogens is 2. The zero-order chi connectivity index (χ0) is 14.9. The molecule has 2 rings (SSSR count). The molecule has 2 unspecified atom stereocenters. The van der Waals surface area contributed by atoms with Gasteiger partial charge in [0.25, 0.3) is 5.91 Å². The molecule has 1 aromatic rings. The number of hydrogen-bond donors (Lipinski definition) is 0. The number of methoxy groups -OCH3 is 1. The predicted octanol–water partition coefficient (Wildman–Crippen LogP) is 2.47. The summed E-state index contributed by atoms with van der Waals surface area (Å²) in [6.45, 7) is 2.57. The number of benzene rings is 1. The van der Waals surface area contributed by atoms with E-state index in [2.05, 4.69) is 15.9 Å². The third-order valence-electron chi connectivity index (χ3n) is 3.57. The first kappa shape index (κ1) is 15.0. The van der Waals surface area contributed by atoms with Crippen molar-refractivity contribution in [2.45, 2.75) is 6.92 Å². The maximum atomic E-state index is 13.8. The first-order valence-electron chi connectivity index (χ1n) is 6.26. The van der Waals surface area contributed by atoms with Gasteiger partial charge in [0.2, 0.25) is 0 Å². The van der Waals surface area contributed by atoms with Crippen molar-refractivity contribution in [3.8, 4) is 0 Å². The maximum Gasteiger partial charge on any atom is 0.310 e. The summed E-state index contributed by atoms with van der Waals surface area (Å²) >= 11 is 3.15. The van der Waals surface area contributed by atoms with Crippen LogP contribution in [-0.4, -0.2) is 37.0 Å². The zero-order valence-corrected chi connectivity index (χ0v) is 12.8. The smallest absolute Gasteiger partial charge is 0.310 e. The van der Waals surface area contributed by atoms with Gasteiger partial charge >= 0.3 is 5.97 Å². The summed E-state index contributed by atoms with van der Waals surface area (Å²) in [5, 5.41) is 0. The molecule has 1 aliphatic heterocycles. The SMILES string of the molecule is COC(=O)C1CN(C(=O)c2ccc(Br)cc2F)CC1C. The normalized spacial score (nSPS) is 21.9. The highest BCUT2D eigenvalue weighted by Gasteiger charge is 2.38. The molecule has 1 heterocycles. The van der Waals surface area contributed by atoms with Crippen LogP contribution in [-0.2, 0) is 9.53 Å². The van der Waals surface area contributed by atoms with Gasteiger partial charge in [0, 0.05) is 17.6 Å². The number of hydrogen-bond acceptors (Lipinski definition) is 3. The molecule has 0 aromatic heterocycles. The van der Waals surface area contributed by atoms with Gasteiger partial charge in [-0.15, -0.1) is 0 Å². The van der Waals surface area contributed by atoms with Crippen LogP contribution < -0.4 is 0 Å². The molecule has 20 heavy (non-hydrogen) atoms. The van der Waals surface area contributed by atoms with Crippen molar-refractivity contribution in [2.75, 3.05) is 20.2 Å². The van der Waals surface area contributed by atoms with Crippen molar-refractivity contribution in [2.24, 2.45) is 11.8 Å². The van der Waals surface area contributed by atoms with Crippen molar-refractivity contribution in [3.63, 3.8) is 0 Å². The van der Waals surface area contributed by atoms with Gasteiger partial charge in [-0.3, -0.25) is 9.59 Å². The highest BCUT2D eigenvalue weighted by molar-refractivity contribution is 9.10. The number of ether oxygens (including phenoxy) is 1. The molecule has 2 atom stereocenters. The molecular weight excluding hydrogens is 329 g/mol. The Morgan fingerprint density at radius 1 is 1.40 bits per heavy atom. The lowest BCUT2D eigenvalue weighted by Gasteiger charge is -2.16. The summed E-state index contributed by atoms with van der Waals surface area (Å²) in [7, 11) is 1.33. The number of rotatable bonds is 2. The summed E-state index contributed by atoms with van der Waals surface area (Å²) in [5.41, 5.74) is 0.0194. The van der Waals surface area contributed by atoms with E-state index >= 15 is 0 Å². The summed E-state index contributed by atoms with van der Waals surface area (Å²) in [4.78, 5) is 25.4. The van der Waals surface area contributed by atoms with Crippen LogP contribution in [0.1, 0.15) is 17.3 Å². The largest absolute Gasteiger partial charge is 0.469 e. The standard InChI is InChI=1S/C14H15BrFNO3/c1-8-6-17(7-11(8)14(19)20-2)13(18)10-4-3-9(15)5-12(10)16/h3-5,8,11H,6-7H2,1-2H3. The van der Waals surface area contributed by atoms with Crippen LogP contribution in [0, 0.1) is 17.7 Å². The second-order valence-electron chi connectivity index (χ2n) is 4.94. The predicted molar refractivity (Wildman–Crippen MR) is 74.7 cm³/mol. The van der Waals surface area contributed by atoms with Gasteiger partial charge in [0.05, 0.1) is 18.6 Å². The number of esters is 1. The Hall–Kier alpha value is -1.43. The Morgan fingerprint density at radius 3 is 2.70 bits per heavy atom. The molecule has 0 aliphatic carbocycles. The second-order valence-corrected chi connectivity index (χ2v) is 5.86.